The van der Waals surface area contributed by atoms with Gasteiger partial charge in [0.15, 0.2) is 29.0 Å². The molecule has 3 fully saturated rings. The van der Waals surface area contributed by atoms with E-state index in [2.05, 4.69) is 32.2 Å². The van der Waals surface area contributed by atoms with E-state index in [9.17, 15) is 19.1 Å². The van der Waals surface area contributed by atoms with E-state index < -0.39 is 23.0 Å². The molecule has 3 aliphatic carbocycles. The highest BCUT2D eigenvalue weighted by Gasteiger charge is 2.68. The summed E-state index contributed by atoms with van der Waals surface area (Å²) in [5.74, 6) is -0.621. The van der Waals surface area contributed by atoms with Gasteiger partial charge < -0.3 is 9.84 Å². The number of Topliss-reactive ketones (excluding diaryl/α,β-unsaturated/α-hetero) is 1. The zero-order valence-corrected chi connectivity index (χ0v) is 28.4. The van der Waals surface area contributed by atoms with Gasteiger partial charge in [-0.05, 0) is 55.1 Å². The van der Waals surface area contributed by atoms with Gasteiger partial charge in [0.05, 0.1) is 23.9 Å². The van der Waals surface area contributed by atoms with Gasteiger partial charge in [-0.1, -0.05) is 51.6 Å². The first-order valence-corrected chi connectivity index (χ1v) is 17.8. The molecule has 6 rings (SSSR count). The van der Waals surface area contributed by atoms with Gasteiger partial charge in [0.2, 0.25) is 0 Å². The summed E-state index contributed by atoms with van der Waals surface area (Å²) < 4.78 is 23.8. The molecule has 3 saturated carbocycles. The number of carbonyl (C=O) groups excluding carboxylic acids is 2. The maximum atomic E-state index is 13.9. The summed E-state index contributed by atoms with van der Waals surface area (Å²) in [5.41, 5.74) is 0.251. The number of aliphatic hydroxyl groups excluding tert-OH is 1. The van der Waals surface area contributed by atoms with Crippen LogP contribution in [0.2, 0.25) is 0 Å². The second kappa shape index (κ2) is 12.1. The zero-order valence-electron chi connectivity index (χ0n) is 26.8. The minimum atomic E-state index is -0.702. The Hall–Kier alpha value is -3.13. The van der Waals surface area contributed by atoms with Crippen molar-refractivity contribution in [3.8, 4) is 0 Å². The molecular formula is C36H41FN3O4S2+. The fourth-order valence-electron chi connectivity index (χ4n) is 8.86. The molecule has 10 heteroatoms. The summed E-state index contributed by atoms with van der Waals surface area (Å²) in [7, 11) is 0. The number of carbonyl (C=O) groups is 2. The first kappa shape index (κ1) is 32.8. The Morgan fingerprint density at radius 3 is 2.85 bits per heavy atom. The number of aromatic nitrogens is 2. The van der Waals surface area contributed by atoms with E-state index >= 15 is 0 Å². The Balaban J connectivity index is 1.21. The van der Waals surface area contributed by atoms with Crippen LogP contribution in [0.1, 0.15) is 65.4 Å². The van der Waals surface area contributed by atoms with Crippen LogP contribution in [0.25, 0.3) is 15.1 Å². The molecule has 0 saturated heterocycles. The van der Waals surface area contributed by atoms with E-state index in [0.717, 1.165) is 33.8 Å². The third kappa shape index (κ3) is 5.38. The zero-order chi connectivity index (χ0) is 33.0. The number of ether oxygens (including phenoxy) is 1. The van der Waals surface area contributed by atoms with Crippen molar-refractivity contribution in [2.45, 2.75) is 82.9 Å². The normalized spacial score (nSPS) is 33.9. The smallest absolute Gasteiger partial charge is 0.316 e. The Kier molecular flexibility index (Phi) is 8.66. The predicted octanol–water partition coefficient (Wildman–Crippen LogP) is 7.32. The molecule has 8 atom stereocenters. The van der Waals surface area contributed by atoms with Crippen LogP contribution in [-0.2, 0) is 20.9 Å². The number of hydrogen-bond donors (Lipinski definition) is 1. The number of hydrogen-bond acceptors (Lipinski definition) is 7. The topological polar surface area (TPSA) is 84.7 Å². The number of rotatable bonds is 7. The van der Waals surface area contributed by atoms with Crippen LogP contribution in [0.3, 0.4) is 0 Å². The molecule has 1 aromatic carbocycles. The van der Waals surface area contributed by atoms with Gasteiger partial charge in [0.1, 0.15) is 22.4 Å². The highest BCUT2D eigenvalue weighted by molar-refractivity contribution is 8.01. The average Bonchev–Trinajstić information content (AvgIpc) is 3.61. The molecular weight excluding hydrogens is 622 g/mol. The lowest BCUT2D eigenvalue weighted by Gasteiger charge is -2.61. The Labute approximate surface area is 278 Å². The van der Waals surface area contributed by atoms with Crippen LogP contribution in [-0.4, -0.2) is 39.8 Å². The summed E-state index contributed by atoms with van der Waals surface area (Å²) in [4.78, 5) is 35.4. The maximum absolute atomic E-state index is 13.9. The molecule has 46 heavy (non-hydrogen) atoms. The number of fused-ring (bicyclic) bond motifs is 1. The molecule has 7 nitrogen and oxygen atoms in total. The predicted molar refractivity (Wildman–Crippen MR) is 177 cm³/mol. The highest BCUT2D eigenvalue weighted by atomic mass is 32.2. The van der Waals surface area contributed by atoms with Crippen molar-refractivity contribution in [1.82, 2.24) is 4.98 Å². The van der Waals surface area contributed by atoms with Gasteiger partial charge >= 0.3 is 5.97 Å². The average molecular weight is 663 g/mol. The molecule has 0 spiro atoms. The van der Waals surface area contributed by atoms with E-state index in [1.54, 1.807) is 0 Å². The van der Waals surface area contributed by atoms with E-state index in [1.165, 1.54) is 41.3 Å². The van der Waals surface area contributed by atoms with Crippen molar-refractivity contribution in [1.29, 1.82) is 0 Å². The number of benzene rings is 1. The third-order valence-electron chi connectivity index (χ3n) is 11.8. The van der Waals surface area contributed by atoms with Crippen LogP contribution in [0.15, 0.2) is 53.7 Å². The van der Waals surface area contributed by atoms with Crippen molar-refractivity contribution in [2.75, 3.05) is 5.75 Å². The van der Waals surface area contributed by atoms with Crippen molar-refractivity contribution < 1.29 is 28.4 Å². The van der Waals surface area contributed by atoms with Crippen LogP contribution >= 0.6 is 23.1 Å². The molecule has 2 bridgehead atoms. The van der Waals surface area contributed by atoms with E-state index in [4.69, 9.17) is 16.3 Å². The molecule has 2 heterocycles. The summed E-state index contributed by atoms with van der Waals surface area (Å²) in [6.45, 7) is 20.3. The van der Waals surface area contributed by atoms with Crippen LogP contribution in [0.4, 0.5) is 10.1 Å². The number of pyridine rings is 1. The van der Waals surface area contributed by atoms with Gasteiger partial charge in [0, 0.05) is 34.8 Å². The fourth-order valence-corrected chi connectivity index (χ4v) is 10.7. The minimum absolute atomic E-state index is 0.0615. The molecule has 1 N–H and O–H groups in total. The quantitative estimate of drug-likeness (QED) is 0.0939. The summed E-state index contributed by atoms with van der Waals surface area (Å²) in [6.07, 6.45) is 7.81. The lowest BCUT2D eigenvalue weighted by atomic mass is 9.44. The SMILES string of the molecule is [C-]#[N+]c1ccc(F)cc1C[n+]1ccc2nc(SCC(=O)O[C@@H]3C[C@@](C)(C=C)[C@@H](O)[C@H](C)[C@]45CCC(=O)[C@H]4[C@@]3(C)[C@H](C)CC5)sc2c1. The summed E-state index contributed by atoms with van der Waals surface area (Å²) >= 11 is 2.77. The van der Waals surface area contributed by atoms with E-state index in [1.807, 2.05) is 36.0 Å². The van der Waals surface area contributed by atoms with Crippen molar-refractivity contribution in [2.24, 2.45) is 34.0 Å². The van der Waals surface area contributed by atoms with E-state index in [0.29, 0.717) is 30.6 Å². The second-order valence-corrected chi connectivity index (χ2v) is 16.3. The lowest BCUT2D eigenvalue weighted by Crippen LogP contribution is -2.63. The standard InChI is InChI=1S/C36H41FN3O4S2/c1-7-34(4)17-29(35(5)21(2)10-13-36(22(3)32(34)43)14-11-27(41)31(35)36)44-30(42)20-45-33-39-26-12-15-40(19-28(26)46-33)18-23-16-24(37)8-9-25(23)38-6/h7-9,12,15-16,19,21-22,29,31-32,43H,1,10-11,13-14,17-18,20H2,2-5H3/q+1/t21-,22+,29-,31+,32+,34-,35+,36+/m1/s1. The molecule has 3 aromatic rings. The van der Waals surface area contributed by atoms with Crippen molar-refractivity contribution >= 4 is 50.8 Å². The molecule has 3 aliphatic rings. The van der Waals surface area contributed by atoms with Crippen molar-refractivity contribution in [3.63, 3.8) is 0 Å². The number of thioether (sulfide) groups is 1. The monoisotopic (exact) mass is 662 g/mol. The second-order valence-electron chi connectivity index (χ2n) is 14.1. The Bertz CT molecular complexity index is 1750. The molecule has 2 aromatic heterocycles. The van der Waals surface area contributed by atoms with Gasteiger partial charge in [-0.2, -0.15) is 0 Å². The molecule has 0 aliphatic heterocycles. The number of ketones is 1. The van der Waals surface area contributed by atoms with Gasteiger partial charge in [-0.15, -0.1) is 17.9 Å². The summed E-state index contributed by atoms with van der Waals surface area (Å²) in [5, 5.41) is 11.7. The summed E-state index contributed by atoms with van der Waals surface area (Å²) in [6, 6.07) is 6.04. The Morgan fingerprint density at radius 1 is 1.33 bits per heavy atom. The molecule has 242 valence electrons. The van der Waals surface area contributed by atoms with Gasteiger partial charge in [-0.25, -0.2) is 18.8 Å². The Morgan fingerprint density at radius 2 is 2.11 bits per heavy atom. The van der Waals surface area contributed by atoms with Crippen LogP contribution < -0.4 is 4.57 Å². The number of nitrogens with zero attached hydrogens (tertiary/aromatic N) is 3. The minimum Gasteiger partial charge on any atom is -0.461 e. The van der Waals surface area contributed by atoms with E-state index in [-0.39, 0.29) is 46.5 Å². The number of halogens is 1. The van der Waals surface area contributed by atoms with Crippen molar-refractivity contribution in [3.05, 3.63) is 72.1 Å². The fraction of sp³-hybridized carbons (Fsp3) is 0.528. The maximum Gasteiger partial charge on any atom is 0.316 e. The number of aliphatic hydroxyl groups is 1. The third-order valence-corrected chi connectivity index (χ3v) is 13.9. The molecule has 0 amide bonds. The molecule has 0 radical (unpaired) electrons. The number of esters is 1. The van der Waals surface area contributed by atoms with Gasteiger partial charge in [0.25, 0.3) is 0 Å². The largest absolute Gasteiger partial charge is 0.461 e. The molecule has 0 unspecified atom stereocenters. The van der Waals surface area contributed by atoms with Crippen LogP contribution in [0, 0.1) is 46.4 Å². The highest BCUT2D eigenvalue weighted by Crippen LogP contribution is 2.68. The van der Waals surface area contributed by atoms with Gasteiger partial charge in [-0.3, -0.25) is 9.59 Å². The first-order chi connectivity index (χ1) is 21.8. The lowest BCUT2D eigenvalue weighted by molar-refractivity contribution is -0.686. The van der Waals surface area contributed by atoms with Crippen LogP contribution in [0.5, 0.6) is 0 Å². The number of thiazole rings is 1. The first-order valence-electron chi connectivity index (χ1n) is 16.0.